The van der Waals surface area contributed by atoms with Crippen molar-refractivity contribution in [2.75, 3.05) is 0 Å². The Labute approximate surface area is 117 Å². The molecule has 2 aromatic rings. The lowest BCUT2D eigenvalue weighted by molar-refractivity contribution is 0.0951. The number of hydrogen-bond donors (Lipinski definition) is 2. The van der Waals surface area contributed by atoms with Gasteiger partial charge in [0.05, 0.1) is 4.90 Å². The second kappa shape index (κ2) is 5.85. The number of amides is 1. The SMILES string of the molecule is NS(=O)(=O)c1ccc(CNC(=O)c2ccccc2)cc1. The Morgan fingerprint density at radius 2 is 1.60 bits per heavy atom. The minimum absolute atomic E-state index is 0.0515. The summed E-state index contributed by atoms with van der Waals surface area (Å²) in [4.78, 5) is 11.9. The third-order valence-corrected chi connectivity index (χ3v) is 3.67. The van der Waals surface area contributed by atoms with Crippen LogP contribution in [0.3, 0.4) is 0 Å². The molecule has 0 saturated heterocycles. The van der Waals surface area contributed by atoms with Gasteiger partial charge in [-0.05, 0) is 29.8 Å². The first kappa shape index (κ1) is 14.2. The van der Waals surface area contributed by atoms with Crippen LogP contribution in [0.2, 0.25) is 0 Å². The molecule has 0 radical (unpaired) electrons. The first-order chi connectivity index (χ1) is 9.47. The minimum atomic E-state index is -3.68. The summed E-state index contributed by atoms with van der Waals surface area (Å²) in [5.74, 6) is -0.180. The van der Waals surface area contributed by atoms with Crippen molar-refractivity contribution < 1.29 is 13.2 Å². The highest BCUT2D eigenvalue weighted by Crippen LogP contribution is 2.08. The molecule has 0 fully saturated rings. The lowest BCUT2D eigenvalue weighted by Gasteiger charge is -2.06. The standard InChI is InChI=1S/C14H14N2O3S/c15-20(18,19)13-8-6-11(7-9-13)10-16-14(17)12-4-2-1-3-5-12/h1-9H,10H2,(H,16,17)(H2,15,18,19). The number of carbonyl (C=O) groups is 1. The second-order valence-corrected chi connectivity index (χ2v) is 5.80. The molecule has 0 aliphatic carbocycles. The van der Waals surface area contributed by atoms with Crippen molar-refractivity contribution in [3.05, 3.63) is 65.7 Å². The lowest BCUT2D eigenvalue weighted by Crippen LogP contribution is -2.22. The quantitative estimate of drug-likeness (QED) is 0.888. The fourth-order valence-corrected chi connectivity index (χ4v) is 2.19. The van der Waals surface area contributed by atoms with Gasteiger partial charge in [-0.15, -0.1) is 0 Å². The average Bonchev–Trinajstić information content (AvgIpc) is 2.45. The van der Waals surface area contributed by atoms with Gasteiger partial charge < -0.3 is 5.32 Å². The maximum Gasteiger partial charge on any atom is 0.251 e. The van der Waals surface area contributed by atoms with Crippen LogP contribution in [0.5, 0.6) is 0 Å². The molecule has 5 nitrogen and oxygen atoms in total. The smallest absolute Gasteiger partial charge is 0.251 e. The van der Waals surface area contributed by atoms with Gasteiger partial charge in [-0.2, -0.15) is 0 Å². The number of rotatable bonds is 4. The molecule has 0 aromatic heterocycles. The van der Waals surface area contributed by atoms with Crippen LogP contribution in [0, 0.1) is 0 Å². The highest BCUT2D eigenvalue weighted by Gasteiger charge is 2.07. The van der Waals surface area contributed by atoms with Gasteiger partial charge in [-0.1, -0.05) is 30.3 Å². The van der Waals surface area contributed by atoms with Gasteiger partial charge in [0, 0.05) is 12.1 Å². The predicted octanol–water partition coefficient (Wildman–Crippen LogP) is 1.26. The first-order valence-corrected chi connectivity index (χ1v) is 7.46. The average molecular weight is 290 g/mol. The summed E-state index contributed by atoms with van der Waals surface area (Å²) in [6, 6.07) is 14.9. The van der Waals surface area contributed by atoms with Gasteiger partial charge in [-0.3, -0.25) is 4.79 Å². The van der Waals surface area contributed by atoms with E-state index in [1.807, 2.05) is 6.07 Å². The van der Waals surface area contributed by atoms with E-state index in [4.69, 9.17) is 5.14 Å². The van der Waals surface area contributed by atoms with Gasteiger partial charge in [-0.25, -0.2) is 13.6 Å². The number of hydrogen-bond acceptors (Lipinski definition) is 3. The van der Waals surface area contributed by atoms with Crippen molar-refractivity contribution in [3.63, 3.8) is 0 Å². The van der Waals surface area contributed by atoms with Crippen molar-refractivity contribution in [3.8, 4) is 0 Å². The van der Waals surface area contributed by atoms with Crippen LogP contribution in [0.4, 0.5) is 0 Å². The zero-order valence-electron chi connectivity index (χ0n) is 10.6. The Morgan fingerprint density at radius 3 is 2.15 bits per heavy atom. The van der Waals surface area contributed by atoms with Crippen molar-refractivity contribution in [1.82, 2.24) is 5.32 Å². The molecular formula is C14H14N2O3S. The number of nitrogens with two attached hydrogens (primary N) is 1. The first-order valence-electron chi connectivity index (χ1n) is 5.92. The van der Waals surface area contributed by atoms with Crippen molar-refractivity contribution in [2.45, 2.75) is 11.4 Å². The third-order valence-electron chi connectivity index (χ3n) is 2.74. The number of benzene rings is 2. The number of primary sulfonamides is 1. The van der Waals surface area contributed by atoms with E-state index in [2.05, 4.69) is 5.32 Å². The molecule has 104 valence electrons. The lowest BCUT2D eigenvalue weighted by atomic mass is 10.2. The third kappa shape index (κ3) is 3.66. The summed E-state index contributed by atoms with van der Waals surface area (Å²) < 4.78 is 22.2. The second-order valence-electron chi connectivity index (χ2n) is 4.24. The highest BCUT2D eigenvalue weighted by atomic mass is 32.2. The maximum atomic E-state index is 11.8. The summed E-state index contributed by atoms with van der Waals surface area (Å²) in [7, 11) is -3.68. The van der Waals surface area contributed by atoms with Crippen LogP contribution in [0.25, 0.3) is 0 Å². The van der Waals surface area contributed by atoms with Gasteiger partial charge in [0.2, 0.25) is 10.0 Å². The van der Waals surface area contributed by atoms with Gasteiger partial charge in [0.1, 0.15) is 0 Å². The zero-order valence-corrected chi connectivity index (χ0v) is 11.4. The molecule has 0 aliphatic rings. The van der Waals surface area contributed by atoms with Crippen LogP contribution >= 0.6 is 0 Å². The minimum Gasteiger partial charge on any atom is -0.348 e. The Morgan fingerprint density at radius 1 is 1.00 bits per heavy atom. The Hall–Kier alpha value is -2.18. The van der Waals surface area contributed by atoms with Crippen LogP contribution in [-0.2, 0) is 16.6 Å². The van der Waals surface area contributed by atoms with Crippen LogP contribution in [-0.4, -0.2) is 14.3 Å². The molecule has 2 rings (SSSR count). The zero-order chi connectivity index (χ0) is 14.6. The molecule has 0 atom stereocenters. The molecule has 0 unspecified atom stereocenters. The molecule has 2 aromatic carbocycles. The van der Waals surface area contributed by atoms with Gasteiger partial charge in [0.15, 0.2) is 0 Å². The molecule has 3 N–H and O–H groups in total. The molecule has 6 heteroatoms. The Balaban J connectivity index is 2.00. The fourth-order valence-electron chi connectivity index (χ4n) is 1.67. The van der Waals surface area contributed by atoms with Gasteiger partial charge >= 0.3 is 0 Å². The topological polar surface area (TPSA) is 89.3 Å². The molecular weight excluding hydrogens is 276 g/mol. The number of sulfonamides is 1. The number of nitrogens with one attached hydrogen (secondary N) is 1. The maximum absolute atomic E-state index is 11.8. The van der Waals surface area contributed by atoms with E-state index >= 15 is 0 Å². The van der Waals surface area contributed by atoms with Gasteiger partial charge in [0.25, 0.3) is 5.91 Å². The monoisotopic (exact) mass is 290 g/mol. The van der Waals surface area contributed by atoms with E-state index in [0.29, 0.717) is 12.1 Å². The van der Waals surface area contributed by atoms with Crippen LogP contribution in [0.1, 0.15) is 15.9 Å². The Kier molecular flexibility index (Phi) is 4.16. The summed E-state index contributed by atoms with van der Waals surface area (Å²) in [5, 5.41) is 7.76. The predicted molar refractivity (Wildman–Crippen MR) is 75.4 cm³/mol. The van der Waals surface area contributed by atoms with Crippen LogP contribution < -0.4 is 10.5 Å². The van der Waals surface area contributed by atoms with E-state index in [1.54, 1.807) is 36.4 Å². The Bertz CT molecular complexity index is 695. The van der Waals surface area contributed by atoms with Crippen LogP contribution in [0.15, 0.2) is 59.5 Å². The van der Waals surface area contributed by atoms with Crippen molar-refractivity contribution >= 4 is 15.9 Å². The van der Waals surface area contributed by atoms with E-state index in [9.17, 15) is 13.2 Å². The molecule has 0 bridgehead atoms. The van der Waals surface area contributed by atoms with E-state index in [-0.39, 0.29) is 10.8 Å². The molecule has 20 heavy (non-hydrogen) atoms. The van der Waals surface area contributed by atoms with Crippen molar-refractivity contribution in [1.29, 1.82) is 0 Å². The molecule has 0 aliphatic heterocycles. The fraction of sp³-hybridized carbons (Fsp3) is 0.0714. The molecule has 0 heterocycles. The largest absolute Gasteiger partial charge is 0.348 e. The van der Waals surface area contributed by atoms with E-state index in [1.165, 1.54) is 12.1 Å². The summed E-state index contributed by atoms with van der Waals surface area (Å²) >= 11 is 0. The summed E-state index contributed by atoms with van der Waals surface area (Å²) in [6.07, 6.45) is 0. The molecule has 0 spiro atoms. The van der Waals surface area contributed by atoms with E-state index in [0.717, 1.165) is 5.56 Å². The molecule has 0 saturated carbocycles. The van der Waals surface area contributed by atoms with E-state index < -0.39 is 10.0 Å². The van der Waals surface area contributed by atoms with Crippen molar-refractivity contribution in [2.24, 2.45) is 5.14 Å². The summed E-state index contributed by atoms with van der Waals surface area (Å²) in [5.41, 5.74) is 1.37. The highest BCUT2D eigenvalue weighted by molar-refractivity contribution is 7.89. The summed E-state index contributed by atoms with van der Waals surface area (Å²) in [6.45, 7) is 0.318. The normalized spacial score (nSPS) is 11.1. The molecule has 1 amide bonds. The number of carbonyl (C=O) groups excluding carboxylic acids is 1.